The van der Waals surface area contributed by atoms with E-state index in [0.29, 0.717) is 17.1 Å². The van der Waals surface area contributed by atoms with E-state index in [1.165, 1.54) is 6.07 Å². The fraction of sp³-hybridized carbons (Fsp3) is 0.182. The fourth-order valence-corrected chi connectivity index (χ4v) is 1.47. The second-order valence-corrected chi connectivity index (χ2v) is 2.97. The predicted molar refractivity (Wildman–Crippen MR) is 55.6 cm³/mol. The zero-order valence-corrected chi connectivity index (χ0v) is 8.44. The van der Waals surface area contributed by atoms with Crippen molar-refractivity contribution in [2.75, 3.05) is 14.2 Å². The Morgan fingerprint density at radius 2 is 1.87 bits per heavy atom. The average molecular weight is 206 g/mol. The largest absolute Gasteiger partial charge is 0.493 e. The molecule has 0 fully saturated rings. The summed E-state index contributed by atoms with van der Waals surface area (Å²) in [5, 5.41) is 0.719. The Morgan fingerprint density at radius 1 is 1.07 bits per heavy atom. The van der Waals surface area contributed by atoms with Crippen LogP contribution in [-0.4, -0.2) is 14.2 Å². The van der Waals surface area contributed by atoms with Crippen molar-refractivity contribution in [3.05, 3.63) is 34.7 Å². The lowest BCUT2D eigenvalue weighted by molar-refractivity contribution is 0.358. The van der Waals surface area contributed by atoms with Gasteiger partial charge in [0.1, 0.15) is 5.58 Å². The van der Waals surface area contributed by atoms with Gasteiger partial charge in [0.05, 0.1) is 19.6 Å². The molecule has 4 nitrogen and oxygen atoms in total. The number of ether oxygens (including phenoxy) is 2. The van der Waals surface area contributed by atoms with Gasteiger partial charge in [-0.3, -0.25) is 0 Å². The van der Waals surface area contributed by atoms with Crippen LogP contribution >= 0.6 is 0 Å². The summed E-state index contributed by atoms with van der Waals surface area (Å²) >= 11 is 0. The van der Waals surface area contributed by atoms with Gasteiger partial charge < -0.3 is 13.9 Å². The quantitative estimate of drug-likeness (QED) is 0.703. The lowest BCUT2D eigenvalue weighted by atomic mass is 10.2. The smallest absolute Gasteiger partial charge is 0.336 e. The van der Waals surface area contributed by atoms with Crippen molar-refractivity contribution in [3.63, 3.8) is 0 Å². The number of rotatable bonds is 2. The summed E-state index contributed by atoms with van der Waals surface area (Å²) in [5.41, 5.74) is 0.106. The Kier molecular flexibility index (Phi) is 2.33. The summed E-state index contributed by atoms with van der Waals surface area (Å²) < 4.78 is 15.3. The van der Waals surface area contributed by atoms with Gasteiger partial charge in [0.2, 0.25) is 0 Å². The second kappa shape index (κ2) is 3.65. The molecule has 1 aromatic carbocycles. The first-order valence-electron chi connectivity index (χ1n) is 4.41. The number of methoxy groups -OCH3 is 2. The van der Waals surface area contributed by atoms with Crippen molar-refractivity contribution in [2.24, 2.45) is 0 Å². The van der Waals surface area contributed by atoms with Crippen molar-refractivity contribution >= 4 is 11.0 Å². The number of benzene rings is 1. The fourth-order valence-electron chi connectivity index (χ4n) is 1.47. The molecule has 0 amide bonds. The molecule has 2 rings (SSSR count). The highest BCUT2D eigenvalue weighted by Gasteiger charge is 2.09. The summed E-state index contributed by atoms with van der Waals surface area (Å²) in [5.74, 6) is 1.18. The van der Waals surface area contributed by atoms with Crippen molar-refractivity contribution < 1.29 is 13.9 Å². The molecule has 0 unspecified atom stereocenters. The molecule has 0 saturated heterocycles. The van der Waals surface area contributed by atoms with Gasteiger partial charge >= 0.3 is 5.63 Å². The standard InChI is InChI=1S/C11H10O4/c1-13-9-5-4-8-7(11(9)14-2)3-6-10(12)15-8/h3-6H,1-2H3. The highest BCUT2D eigenvalue weighted by atomic mass is 16.5. The van der Waals surface area contributed by atoms with Crippen LogP contribution in [0.5, 0.6) is 11.5 Å². The van der Waals surface area contributed by atoms with Crippen LogP contribution in [0.25, 0.3) is 11.0 Å². The molecule has 0 aliphatic heterocycles. The van der Waals surface area contributed by atoms with Gasteiger partial charge in [-0.1, -0.05) is 0 Å². The maximum atomic E-state index is 11.0. The molecular formula is C11H10O4. The first-order chi connectivity index (χ1) is 7.26. The molecule has 0 saturated carbocycles. The van der Waals surface area contributed by atoms with Crippen LogP contribution in [0.1, 0.15) is 0 Å². The Balaban J connectivity index is 2.82. The van der Waals surface area contributed by atoms with Crippen molar-refractivity contribution in [2.45, 2.75) is 0 Å². The number of hydrogen-bond donors (Lipinski definition) is 0. The van der Waals surface area contributed by atoms with E-state index in [0.717, 1.165) is 5.39 Å². The summed E-state index contributed by atoms with van der Waals surface area (Å²) in [7, 11) is 3.10. The number of fused-ring (bicyclic) bond motifs is 1. The van der Waals surface area contributed by atoms with Gasteiger partial charge in [0, 0.05) is 6.07 Å². The molecule has 0 aliphatic carbocycles. The first-order valence-corrected chi connectivity index (χ1v) is 4.41. The summed E-state index contributed by atoms with van der Waals surface area (Å²) in [6.45, 7) is 0. The molecule has 0 spiro atoms. The van der Waals surface area contributed by atoms with E-state index < -0.39 is 0 Å². The van der Waals surface area contributed by atoms with Gasteiger partial charge in [-0.2, -0.15) is 0 Å². The molecule has 15 heavy (non-hydrogen) atoms. The predicted octanol–water partition coefficient (Wildman–Crippen LogP) is 1.81. The Bertz CT molecular complexity index is 542. The molecule has 0 N–H and O–H groups in total. The van der Waals surface area contributed by atoms with Gasteiger partial charge in [0.15, 0.2) is 11.5 Å². The maximum Gasteiger partial charge on any atom is 0.336 e. The van der Waals surface area contributed by atoms with Crippen LogP contribution in [0.4, 0.5) is 0 Å². The summed E-state index contributed by atoms with van der Waals surface area (Å²) in [6.07, 6.45) is 0. The normalized spacial score (nSPS) is 10.3. The van der Waals surface area contributed by atoms with Crippen molar-refractivity contribution in [1.82, 2.24) is 0 Å². The van der Waals surface area contributed by atoms with Gasteiger partial charge in [0.25, 0.3) is 0 Å². The lowest BCUT2D eigenvalue weighted by Crippen LogP contribution is -1.97. The SMILES string of the molecule is COc1ccc2oc(=O)ccc2c1OC. The molecule has 1 heterocycles. The van der Waals surface area contributed by atoms with Crippen LogP contribution in [-0.2, 0) is 0 Å². The van der Waals surface area contributed by atoms with Gasteiger partial charge in [-0.15, -0.1) is 0 Å². The highest BCUT2D eigenvalue weighted by molar-refractivity contribution is 5.86. The van der Waals surface area contributed by atoms with E-state index in [1.54, 1.807) is 32.4 Å². The Morgan fingerprint density at radius 3 is 2.53 bits per heavy atom. The minimum absolute atomic E-state index is 0.380. The zero-order valence-electron chi connectivity index (χ0n) is 8.44. The third-order valence-corrected chi connectivity index (χ3v) is 2.14. The van der Waals surface area contributed by atoms with Gasteiger partial charge in [-0.05, 0) is 18.2 Å². The third-order valence-electron chi connectivity index (χ3n) is 2.14. The van der Waals surface area contributed by atoms with Crippen LogP contribution < -0.4 is 15.1 Å². The van der Waals surface area contributed by atoms with E-state index in [-0.39, 0.29) is 5.63 Å². The second-order valence-electron chi connectivity index (χ2n) is 2.97. The molecule has 0 bridgehead atoms. The zero-order chi connectivity index (χ0) is 10.8. The summed E-state index contributed by atoms with van der Waals surface area (Å²) in [4.78, 5) is 11.0. The Hall–Kier alpha value is -1.97. The minimum Gasteiger partial charge on any atom is -0.493 e. The molecule has 0 radical (unpaired) electrons. The molecule has 0 aliphatic rings. The molecule has 4 heteroatoms. The highest BCUT2D eigenvalue weighted by Crippen LogP contribution is 2.34. The van der Waals surface area contributed by atoms with Crippen LogP contribution in [0.3, 0.4) is 0 Å². The topological polar surface area (TPSA) is 48.7 Å². The number of hydrogen-bond acceptors (Lipinski definition) is 4. The minimum atomic E-state index is -0.380. The maximum absolute atomic E-state index is 11.0. The van der Waals surface area contributed by atoms with E-state index in [1.807, 2.05) is 0 Å². The van der Waals surface area contributed by atoms with Crippen LogP contribution in [0, 0.1) is 0 Å². The van der Waals surface area contributed by atoms with E-state index in [4.69, 9.17) is 13.9 Å². The monoisotopic (exact) mass is 206 g/mol. The summed E-state index contributed by atoms with van der Waals surface area (Å²) in [6, 6.07) is 6.38. The molecule has 78 valence electrons. The van der Waals surface area contributed by atoms with E-state index >= 15 is 0 Å². The third kappa shape index (κ3) is 1.54. The molecule has 2 aromatic rings. The van der Waals surface area contributed by atoms with Crippen molar-refractivity contribution in [3.8, 4) is 11.5 Å². The Labute approximate surface area is 86.0 Å². The van der Waals surface area contributed by atoms with Crippen LogP contribution in [0.2, 0.25) is 0 Å². The van der Waals surface area contributed by atoms with Crippen LogP contribution in [0.15, 0.2) is 33.5 Å². The lowest BCUT2D eigenvalue weighted by Gasteiger charge is -2.08. The first kappa shape index (κ1) is 9.58. The molecule has 1 aromatic heterocycles. The van der Waals surface area contributed by atoms with Crippen molar-refractivity contribution in [1.29, 1.82) is 0 Å². The van der Waals surface area contributed by atoms with E-state index in [2.05, 4.69) is 0 Å². The molecule has 0 atom stereocenters. The van der Waals surface area contributed by atoms with E-state index in [9.17, 15) is 4.79 Å². The average Bonchev–Trinajstić information content (AvgIpc) is 2.27. The molecular weight excluding hydrogens is 196 g/mol. The van der Waals surface area contributed by atoms with Gasteiger partial charge in [-0.25, -0.2) is 4.79 Å².